The summed E-state index contributed by atoms with van der Waals surface area (Å²) in [5, 5.41) is 3.03. The second kappa shape index (κ2) is 8.25. The van der Waals surface area contributed by atoms with E-state index in [4.69, 9.17) is 4.74 Å². The Kier molecular flexibility index (Phi) is 5.53. The maximum absolute atomic E-state index is 12.7. The Labute approximate surface area is 171 Å². The number of methoxy groups -OCH3 is 1. The summed E-state index contributed by atoms with van der Waals surface area (Å²) in [6.07, 6.45) is 2.97. The van der Waals surface area contributed by atoms with Gasteiger partial charge in [0.25, 0.3) is 0 Å². The second-order valence-corrected chi connectivity index (χ2v) is 7.71. The monoisotopic (exact) mass is 393 g/mol. The number of rotatable bonds is 5. The van der Waals surface area contributed by atoms with E-state index in [0.29, 0.717) is 13.1 Å². The lowest BCUT2D eigenvalue weighted by Gasteiger charge is -2.24. The molecule has 0 unspecified atom stereocenters. The Balaban J connectivity index is 1.39. The van der Waals surface area contributed by atoms with Gasteiger partial charge in [-0.25, -0.2) is 0 Å². The maximum atomic E-state index is 12.7. The van der Waals surface area contributed by atoms with Crippen molar-refractivity contribution in [3.8, 4) is 5.75 Å². The predicted octanol–water partition coefficient (Wildman–Crippen LogP) is 3.38. The molecular formula is C23H27N3O3. The SMILES string of the molecule is COc1ccc([C@H]2CCCN2CC(=O)Nc2ccc3c(c2)CCN3C(C)=O)cc1. The predicted molar refractivity (Wildman–Crippen MR) is 113 cm³/mol. The van der Waals surface area contributed by atoms with Crippen LogP contribution < -0.4 is 15.0 Å². The molecule has 4 rings (SSSR count). The number of ether oxygens (including phenoxy) is 1. The molecule has 1 saturated heterocycles. The van der Waals surface area contributed by atoms with Gasteiger partial charge in [0.2, 0.25) is 11.8 Å². The molecule has 0 bridgehead atoms. The van der Waals surface area contributed by atoms with Crippen molar-refractivity contribution in [2.75, 3.05) is 37.0 Å². The van der Waals surface area contributed by atoms with E-state index in [0.717, 1.165) is 48.5 Å². The van der Waals surface area contributed by atoms with Crippen molar-refractivity contribution in [2.45, 2.75) is 32.2 Å². The van der Waals surface area contributed by atoms with Crippen LogP contribution in [-0.4, -0.2) is 43.5 Å². The van der Waals surface area contributed by atoms with Gasteiger partial charge in [0.05, 0.1) is 13.7 Å². The van der Waals surface area contributed by atoms with E-state index in [-0.39, 0.29) is 17.9 Å². The molecule has 0 radical (unpaired) electrons. The zero-order valence-corrected chi connectivity index (χ0v) is 17.0. The number of fused-ring (bicyclic) bond motifs is 1. The smallest absolute Gasteiger partial charge is 0.238 e. The van der Waals surface area contributed by atoms with Crippen LogP contribution in [0.3, 0.4) is 0 Å². The van der Waals surface area contributed by atoms with Crippen molar-refractivity contribution >= 4 is 23.2 Å². The van der Waals surface area contributed by atoms with Crippen LogP contribution in [0.4, 0.5) is 11.4 Å². The quantitative estimate of drug-likeness (QED) is 0.846. The molecule has 2 aliphatic heterocycles. The fraction of sp³-hybridized carbons (Fsp3) is 0.391. The topological polar surface area (TPSA) is 61.9 Å². The minimum atomic E-state index is -0.00761. The molecule has 6 heteroatoms. The summed E-state index contributed by atoms with van der Waals surface area (Å²) in [6, 6.07) is 14.2. The first-order valence-corrected chi connectivity index (χ1v) is 10.1. The van der Waals surface area contributed by atoms with Gasteiger partial charge in [-0.2, -0.15) is 0 Å². The van der Waals surface area contributed by atoms with Crippen LogP contribution in [0.2, 0.25) is 0 Å². The number of nitrogens with zero attached hydrogens (tertiary/aromatic N) is 2. The Morgan fingerprint density at radius 1 is 1.14 bits per heavy atom. The first kappa shape index (κ1) is 19.5. The fourth-order valence-corrected chi connectivity index (χ4v) is 4.41. The molecule has 0 aliphatic carbocycles. The molecule has 1 atom stereocenters. The van der Waals surface area contributed by atoms with E-state index >= 15 is 0 Å². The maximum Gasteiger partial charge on any atom is 0.238 e. The highest BCUT2D eigenvalue weighted by atomic mass is 16.5. The van der Waals surface area contributed by atoms with Gasteiger partial charge in [-0.05, 0) is 67.3 Å². The molecule has 2 aromatic carbocycles. The summed E-state index contributed by atoms with van der Waals surface area (Å²) in [4.78, 5) is 28.4. The number of benzene rings is 2. The Hall–Kier alpha value is -2.86. The minimum Gasteiger partial charge on any atom is -0.497 e. The summed E-state index contributed by atoms with van der Waals surface area (Å²) in [5.41, 5.74) is 4.07. The Bertz CT molecular complexity index is 910. The Morgan fingerprint density at radius 3 is 2.66 bits per heavy atom. The summed E-state index contributed by atoms with van der Waals surface area (Å²) in [5.74, 6) is 0.891. The molecule has 6 nitrogen and oxygen atoms in total. The zero-order chi connectivity index (χ0) is 20.4. The second-order valence-electron chi connectivity index (χ2n) is 7.71. The van der Waals surface area contributed by atoms with E-state index < -0.39 is 0 Å². The summed E-state index contributed by atoms with van der Waals surface area (Å²) in [6.45, 7) is 3.58. The summed E-state index contributed by atoms with van der Waals surface area (Å²) >= 11 is 0. The van der Waals surface area contributed by atoms with Crippen LogP contribution in [0.25, 0.3) is 0 Å². The Morgan fingerprint density at radius 2 is 1.93 bits per heavy atom. The summed E-state index contributed by atoms with van der Waals surface area (Å²) in [7, 11) is 1.66. The van der Waals surface area contributed by atoms with Gasteiger partial charge in [-0.3, -0.25) is 14.5 Å². The number of amides is 2. The molecular weight excluding hydrogens is 366 g/mol. The zero-order valence-electron chi connectivity index (χ0n) is 17.0. The van der Waals surface area contributed by atoms with Crippen LogP contribution in [0.15, 0.2) is 42.5 Å². The van der Waals surface area contributed by atoms with Crippen molar-refractivity contribution in [1.82, 2.24) is 4.90 Å². The molecule has 0 aromatic heterocycles. The van der Waals surface area contributed by atoms with Gasteiger partial charge in [-0.15, -0.1) is 0 Å². The normalized spacial score (nSPS) is 18.6. The number of anilines is 2. The van der Waals surface area contributed by atoms with E-state index in [1.165, 1.54) is 5.56 Å². The van der Waals surface area contributed by atoms with Crippen LogP contribution in [0.5, 0.6) is 5.75 Å². The molecule has 152 valence electrons. The highest BCUT2D eigenvalue weighted by Crippen LogP contribution is 2.33. The highest BCUT2D eigenvalue weighted by Gasteiger charge is 2.28. The standard InChI is InChI=1S/C23H27N3O3/c1-16(27)26-13-11-18-14-19(7-10-22(18)26)24-23(28)15-25-12-3-4-21(25)17-5-8-20(29-2)9-6-17/h5-10,14,21H,3-4,11-13,15H2,1-2H3,(H,24,28)/t21-/m1/s1. The van der Waals surface area contributed by atoms with Crippen LogP contribution in [-0.2, 0) is 16.0 Å². The number of hydrogen-bond donors (Lipinski definition) is 1. The van der Waals surface area contributed by atoms with Gasteiger partial charge in [0, 0.05) is 30.9 Å². The lowest BCUT2D eigenvalue weighted by atomic mass is 10.0. The van der Waals surface area contributed by atoms with Crippen molar-refractivity contribution in [1.29, 1.82) is 0 Å². The molecule has 2 aliphatic rings. The average molecular weight is 393 g/mol. The molecule has 1 fully saturated rings. The van der Waals surface area contributed by atoms with Gasteiger partial charge >= 0.3 is 0 Å². The fourth-order valence-electron chi connectivity index (χ4n) is 4.41. The minimum absolute atomic E-state index is 0.00761. The van der Waals surface area contributed by atoms with E-state index in [9.17, 15) is 9.59 Å². The van der Waals surface area contributed by atoms with Crippen LogP contribution in [0.1, 0.15) is 36.9 Å². The third-order valence-corrected chi connectivity index (χ3v) is 5.85. The first-order chi connectivity index (χ1) is 14.0. The van der Waals surface area contributed by atoms with Crippen molar-refractivity contribution in [3.05, 3.63) is 53.6 Å². The van der Waals surface area contributed by atoms with Crippen molar-refractivity contribution in [2.24, 2.45) is 0 Å². The first-order valence-electron chi connectivity index (χ1n) is 10.1. The van der Waals surface area contributed by atoms with E-state index in [1.54, 1.807) is 18.9 Å². The molecule has 2 heterocycles. The number of hydrogen-bond acceptors (Lipinski definition) is 4. The van der Waals surface area contributed by atoms with Crippen molar-refractivity contribution < 1.29 is 14.3 Å². The number of carbonyl (C=O) groups excluding carboxylic acids is 2. The van der Waals surface area contributed by atoms with Gasteiger partial charge in [0.1, 0.15) is 5.75 Å². The summed E-state index contributed by atoms with van der Waals surface area (Å²) < 4.78 is 5.24. The largest absolute Gasteiger partial charge is 0.497 e. The third-order valence-electron chi connectivity index (χ3n) is 5.85. The van der Waals surface area contributed by atoms with Gasteiger partial charge in [0.15, 0.2) is 0 Å². The highest BCUT2D eigenvalue weighted by molar-refractivity contribution is 5.96. The molecule has 2 amide bonds. The average Bonchev–Trinajstić information content (AvgIpc) is 3.34. The van der Waals surface area contributed by atoms with Gasteiger partial charge in [-0.1, -0.05) is 12.1 Å². The molecule has 29 heavy (non-hydrogen) atoms. The van der Waals surface area contributed by atoms with Crippen molar-refractivity contribution in [3.63, 3.8) is 0 Å². The van der Waals surface area contributed by atoms with Gasteiger partial charge < -0.3 is 15.0 Å². The lowest BCUT2D eigenvalue weighted by Crippen LogP contribution is -2.33. The lowest BCUT2D eigenvalue weighted by molar-refractivity contribution is -0.118. The number of likely N-dealkylation sites (tertiary alicyclic amines) is 1. The third kappa shape index (κ3) is 4.12. The number of carbonyl (C=O) groups is 2. The van der Waals surface area contributed by atoms with Crippen LogP contribution in [0, 0.1) is 0 Å². The van der Waals surface area contributed by atoms with E-state index in [1.807, 2.05) is 30.3 Å². The van der Waals surface area contributed by atoms with Crippen LogP contribution >= 0.6 is 0 Å². The number of nitrogens with one attached hydrogen (secondary N) is 1. The molecule has 2 aromatic rings. The molecule has 0 saturated carbocycles. The van der Waals surface area contributed by atoms with E-state index in [2.05, 4.69) is 22.3 Å². The molecule has 0 spiro atoms. The molecule has 1 N–H and O–H groups in total.